The van der Waals surface area contributed by atoms with Gasteiger partial charge in [-0.1, -0.05) is 0 Å². The van der Waals surface area contributed by atoms with Crippen molar-refractivity contribution >= 4 is 28.7 Å². The van der Waals surface area contributed by atoms with Crippen LogP contribution in [0.15, 0.2) is 22.6 Å². The molecular formula is C13H10N2O2S. The second-order valence-electron chi connectivity index (χ2n) is 4.00. The quantitative estimate of drug-likeness (QED) is 0.661. The Morgan fingerprint density at radius 3 is 2.83 bits per heavy atom. The second kappa shape index (κ2) is 4.03. The molecule has 90 valence electrons. The van der Waals surface area contributed by atoms with Crippen molar-refractivity contribution in [2.45, 2.75) is 13.8 Å². The van der Waals surface area contributed by atoms with Gasteiger partial charge in [-0.15, -0.1) is 11.3 Å². The smallest absolute Gasteiger partial charge is 0.192 e. The van der Waals surface area contributed by atoms with Crippen molar-refractivity contribution in [3.05, 3.63) is 34.7 Å². The Morgan fingerprint density at radius 2 is 2.11 bits per heavy atom. The molecule has 18 heavy (non-hydrogen) atoms. The molecule has 0 spiro atoms. The van der Waals surface area contributed by atoms with Gasteiger partial charge in [0.25, 0.3) is 0 Å². The summed E-state index contributed by atoms with van der Waals surface area (Å²) >= 11 is 1.39. The Hall–Kier alpha value is -2.01. The monoisotopic (exact) mass is 258 g/mol. The highest BCUT2D eigenvalue weighted by atomic mass is 32.1. The van der Waals surface area contributed by atoms with Gasteiger partial charge in [-0.2, -0.15) is 0 Å². The van der Waals surface area contributed by atoms with Gasteiger partial charge in [-0.05, 0) is 25.1 Å². The molecule has 0 amide bonds. The Bertz CT molecular complexity index is 743. The first-order chi connectivity index (χ1) is 8.67. The fourth-order valence-corrected chi connectivity index (χ4v) is 2.69. The van der Waals surface area contributed by atoms with Crippen molar-refractivity contribution in [2.75, 3.05) is 0 Å². The van der Waals surface area contributed by atoms with E-state index in [9.17, 15) is 4.79 Å². The summed E-state index contributed by atoms with van der Waals surface area (Å²) in [7, 11) is 0. The van der Waals surface area contributed by atoms with Gasteiger partial charge in [0.1, 0.15) is 10.5 Å². The number of oxazole rings is 1. The van der Waals surface area contributed by atoms with Gasteiger partial charge in [0.15, 0.2) is 17.8 Å². The summed E-state index contributed by atoms with van der Waals surface area (Å²) in [4.78, 5) is 20.1. The molecule has 4 nitrogen and oxygen atoms in total. The fourth-order valence-electron chi connectivity index (χ4n) is 1.81. The van der Waals surface area contributed by atoms with Gasteiger partial charge in [-0.25, -0.2) is 9.97 Å². The molecule has 2 heterocycles. The number of hydrogen-bond donors (Lipinski definition) is 0. The second-order valence-corrected chi connectivity index (χ2v) is 5.03. The van der Waals surface area contributed by atoms with Gasteiger partial charge in [-0.3, -0.25) is 4.79 Å². The molecule has 0 aliphatic carbocycles. The Labute approximate surface area is 107 Å². The molecule has 0 unspecified atom stereocenters. The molecule has 0 atom stereocenters. The molecule has 0 fully saturated rings. The number of thiazole rings is 1. The summed E-state index contributed by atoms with van der Waals surface area (Å²) in [6, 6.07) is 5.75. The third-order valence-electron chi connectivity index (χ3n) is 2.68. The summed E-state index contributed by atoms with van der Waals surface area (Å²) in [5, 5.41) is 0.825. The average Bonchev–Trinajstić information content (AvgIpc) is 2.89. The zero-order valence-electron chi connectivity index (χ0n) is 9.93. The lowest BCUT2D eigenvalue weighted by Crippen LogP contribution is -1.79. The molecule has 0 radical (unpaired) electrons. The summed E-state index contributed by atoms with van der Waals surface area (Å²) in [6.07, 6.45) is 0.841. The van der Waals surface area contributed by atoms with E-state index >= 15 is 0 Å². The topological polar surface area (TPSA) is 56.0 Å². The summed E-state index contributed by atoms with van der Waals surface area (Å²) in [5.74, 6) is 0.644. The number of carbonyl (C=O) groups is 1. The number of benzene rings is 1. The number of carbonyl (C=O) groups excluding carboxylic acids is 1. The van der Waals surface area contributed by atoms with Crippen molar-refractivity contribution in [3.8, 4) is 10.6 Å². The first-order valence-corrected chi connectivity index (χ1v) is 6.29. The number of nitrogens with zero attached hydrogens (tertiary/aromatic N) is 2. The van der Waals surface area contributed by atoms with Crippen molar-refractivity contribution in [1.82, 2.24) is 9.97 Å². The Balaban J connectivity index is 2.15. The summed E-state index contributed by atoms with van der Waals surface area (Å²) in [5.41, 5.74) is 3.28. The van der Waals surface area contributed by atoms with Crippen LogP contribution in [-0.4, -0.2) is 16.3 Å². The Morgan fingerprint density at radius 1 is 1.28 bits per heavy atom. The highest BCUT2D eigenvalue weighted by Gasteiger charge is 2.10. The molecule has 2 aromatic heterocycles. The van der Waals surface area contributed by atoms with E-state index in [4.69, 9.17) is 4.42 Å². The van der Waals surface area contributed by atoms with E-state index in [1.165, 1.54) is 11.3 Å². The maximum Gasteiger partial charge on any atom is 0.192 e. The van der Waals surface area contributed by atoms with Crippen LogP contribution in [0.1, 0.15) is 21.3 Å². The van der Waals surface area contributed by atoms with Gasteiger partial charge < -0.3 is 4.42 Å². The molecule has 3 rings (SSSR count). The zero-order chi connectivity index (χ0) is 12.7. The number of aromatic nitrogens is 2. The molecule has 0 saturated carbocycles. The van der Waals surface area contributed by atoms with Crippen LogP contribution < -0.4 is 0 Å². The minimum atomic E-state index is 0.644. The minimum Gasteiger partial charge on any atom is -0.441 e. The van der Waals surface area contributed by atoms with Gasteiger partial charge in [0.05, 0.1) is 10.6 Å². The van der Waals surface area contributed by atoms with Gasteiger partial charge in [0, 0.05) is 12.5 Å². The van der Waals surface area contributed by atoms with E-state index in [1.807, 2.05) is 32.0 Å². The molecule has 3 aromatic rings. The van der Waals surface area contributed by atoms with Crippen LogP contribution in [0.5, 0.6) is 0 Å². The molecule has 0 aliphatic rings. The van der Waals surface area contributed by atoms with Crippen LogP contribution in [0.25, 0.3) is 21.7 Å². The third kappa shape index (κ3) is 1.73. The maximum atomic E-state index is 10.8. The van der Waals surface area contributed by atoms with E-state index in [2.05, 4.69) is 9.97 Å². The fraction of sp³-hybridized carbons (Fsp3) is 0.154. The van der Waals surface area contributed by atoms with E-state index in [-0.39, 0.29) is 0 Å². The zero-order valence-corrected chi connectivity index (χ0v) is 10.7. The van der Waals surface area contributed by atoms with Crippen LogP contribution >= 0.6 is 11.3 Å². The number of fused-ring (bicyclic) bond motifs is 1. The molecule has 5 heteroatoms. The molecule has 0 N–H and O–H groups in total. The average molecular weight is 258 g/mol. The van der Waals surface area contributed by atoms with Gasteiger partial charge in [0.2, 0.25) is 0 Å². The lowest BCUT2D eigenvalue weighted by atomic mass is 10.2. The number of aldehydes is 1. The van der Waals surface area contributed by atoms with E-state index in [0.29, 0.717) is 10.8 Å². The van der Waals surface area contributed by atoms with Crippen molar-refractivity contribution in [2.24, 2.45) is 0 Å². The number of rotatable bonds is 2. The van der Waals surface area contributed by atoms with Crippen LogP contribution in [-0.2, 0) is 0 Å². The van der Waals surface area contributed by atoms with Crippen molar-refractivity contribution < 1.29 is 9.21 Å². The summed E-state index contributed by atoms with van der Waals surface area (Å²) < 4.78 is 5.49. The van der Waals surface area contributed by atoms with Gasteiger partial charge >= 0.3 is 0 Å². The highest BCUT2D eigenvalue weighted by Crippen LogP contribution is 2.29. The van der Waals surface area contributed by atoms with Crippen LogP contribution in [0.3, 0.4) is 0 Å². The molecule has 1 aromatic carbocycles. The first-order valence-electron chi connectivity index (χ1n) is 5.47. The number of aryl methyl sites for hydroxylation is 2. The molecule has 0 saturated heterocycles. The predicted octanol–water partition coefficient (Wildman–Crippen LogP) is 3.38. The Kier molecular flexibility index (Phi) is 2.48. The first kappa shape index (κ1) is 11.1. The highest BCUT2D eigenvalue weighted by molar-refractivity contribution is 7.16. The molecule has 0 bridgehead atoms. The van der Waals surface area contributed by atoms with Crippen LogP contribution in [0.2, 0.25) is 0 Å². The molecular weight excluding hydrogens is 248 g/mol. The largest absolute Gasteiger partial charge is 0.441 e. The van der Waals surface area contributed by atoms with Crippen LogP contribution in [0.4, 0.5) is 0 Å². The van der Waals surface area contributed by atoms with E-state index in [1.54, 1.807) is 0 Å². The molecule has 0 aliphatic heterocycles. The lowest BCUT2D eigenvalue weighted by Gasteiger charge is -1.94. The van der Waals surface area contributed by atoms with E-state index < -0.39 is 0 Å². The SMILES string of the molecule is Cc1nc2ccc(-c3nc(C)c(C=O)s3)cc2o1. The maximum absolute atomic E-state index is 10.8. The van der Waals surface area contributed by atoms with Crippen molar-refractivity contribution in [1.29, 1.82) is 0 Å². The van der Waals surface area contributed by atoms with Crippen molar-refractivity contribution in [3.63, 3.8) is 0 Å². The predicted molar refractivity (Wildman–Crippen MR) is 70.0 cm³/mol. The summed E-state index contributed by atoms with van der Waals surface area (Å²) in [6.45, 7) is 3.65. The normalized spacial score (nSPS) is 11.0. The van der Waals surface area contributed by atoms with Crippen LogP contribution in [0, 0.1) is 13.8 Å². The van der Waals surface area contributed by atoms with E-state index in [0.717, 1.165) is 33.7 Å². The minimum absolute atomic E-state index is 0.644. The standard InChI is InChI=1S/C13H10N2O2S/c1-7-12(6-16)18-13(14-7)9-3-4-10-11(5-9)17-8(2)15-10/h3-6H,1-2H3. The number of hydrogen-bond acceptors (Lipinski definition) is 5. The third-order valence-corrected chi connectivity index (χ3v) is 3.81. The lowest BCUT2D eigenvalue weighted by molar-refractivity contribution is 0.112.